The highest BCUT2D eigenvalue weighted by Crippen LogP contribution is 2.31. The van der Waals surface area contributed by atoms with Crippen LogP contribution in [0.25, 0.3) is 11.4 Å². The monoisotopic (exact) mass is 318 g/mol. The molecule has 3 aromatic rings. The second-order valence-electron chi connectivity index (χ2n) is 4.97. The molecule has 0 amide bonds. The molecule has 0 spiro atoms. The van der Waals surface area contributed by atoms with Crippen LogP contribution in [0.5, 0.6) is 0 Å². The van der Waals surface area contributed by atoms with Gasteiger partial charge in [-0.25, -0.2) is 0 Å². The molecule has 0 atom stereocenters. The van der Waals surface area contributed by atoms with Crippen LogP contribution in [0.2, 0.25) is 0 Å². The van der Waals surface area contributed by atoms with Gasteiger partial charge in [0.2, 0.25) is 0 Å². The summed E-state index contributed by atoms with van der Waals surface area (Å²) in [5.74, 6) is 0. The van der Waals surface area contributed by atoms with Crippen LogP contribution in [-0.4, -0.2) is 14.8 Å². The minimum Gasteiger partial charge on any atom is -0.354 e. The largest absolute Gasteiger partial charge is 0.416 e. The maximum Gasteiger partial charge on any atom is 0.416 e. The Labute approximate surface area is 130 Å². The van der Waals surface area contributed by atoms with Gasteiger partial charge in [0.1, 0.15) is 11.4 Å². The summed E-state index contributed by atoms with van der Waals surface area (Å²) in [7, 11) is 1.80. The molecule has 23 heavy (non-hydrogen) atoms. The molecular formula is C16H13F3N4. The molecule has 0 aliphatic rings. The zero-order valence-corrected chi connectivity index (χ0v) is 12.2. The molecule has 7 heteroatoms. The SMILES string of the molecule is Cn1ccc(-c2ncccc2Nc2ccc(C(F)(F)F)cc2)n1. The summed E-state index contributed by atoms with van der Waals surface area (Å²) in [5, 5.41) is 7.37. The normalized spacial score (nSPS) is 11.5. The quantitative estimate of drug-likeness (QED) is 0.785. The zero-order chi connectivity index (χ0) is 16.4. The van der Waals surface area contributed by atoms with Gasteiger partial charge in [0.15, 0.2) is 0 Å². The van der Waals surface area contributed by atoms with E-state index in [0.29, 0.717) is 22.8 Å². The molecule has 0 bridgehead atoms. The van der Waals surface area contributed by atoms with Gasteiger partial charge in [-0.1, -0.05) is 0 Å². The number of nitrogens with one attached hydrogen (secondary N) is 1. The first kappa shape index (κ1) is 15.1. The molecule has 4 nitrogen and oxygen atoms in total. The second-order valence-corrected chi connectivity index (χ2v) is 4.97. The third-order valence-corrected chi connectivity index (χ3v) is 3.26. The van der Waals surface area contributed by atoms with E-state index in [1.54, 1.807) is 36.3 Å². The topological polar surface area (TPSA) is 42.7 Å². The standard InChI is InChI=1S/C16H13F3N4/c1-23-10-8-14(22-23)15-13(3-2-9-20-15)21-12-6-4-11(5-7-12)16(17,18)19/h2-10,21H,1H3. The second kappa shape index (κ2) is 5.75. The molecule has 0 fully saturated rings. The van der Waals surface area contributed by atoms with E-state index in [0.717, 1.165) is 12.1 Å². The van der Waals surface area contributed by atoms with Crippen LogP contribution < -0.4 is 5.32 Å². The van der Waals surface area contributed by atoms with Crippen molar-refractivity contribution in [2.45, 2.75) is 6.18 Å². The van der Waals surface area contributed by atoms with Gasteiger partial charge in [-0.15, -0.1) is 0 Å². The maximum atomic E-state index is 12.6. The number of benzene rings is 1. The predicted molar refractivity (Wildman–Crippen MR) is 81.2 cm³/mol. The Bertz CT molecular complexity index is 807. The Hall–Kier alpha value is -2.83. The Balaban J connectivity index is 1.89. The third-order valence-electron chi connectivity index (χ3n) is 3.26. The van der Waals surface area contributed by atoms with E-state index in [2.05, 4.69) is 15.4 Å². The van der Waals surface area contributed by atoms with E-state index in [1.807, 2.05) is 6.07 Å². The lowest BCUT2D eigenvalue weighted by Gasteiger charge is -2.11. The van der Waals surface area contributed by atoms with E-state index in [9.17, 15) is 13.2 Å². The first-order valence-electron chi connectivity index (χ1n) is 6.83. The summed E-state index contributed by atoms with van der Waals surface area (Å²) in [6.45, 7) is 0. The number of nitrogens with zero attached hydrogens (tertiary/aromatic N) is 3. The molecule has 2 aromatic heterocycles. The van der Waals surface area contributed by atoms with Crippen molar-refractivity contribution in [1.82, 2.24) is 14.8 Å². The van der Waals surface area contributed by atoms with E-state index in [-0.39, 0.29) is 0 Å². The minimum absolute atomic E-state index is 0.545. The average molecular weight is 318 g/mol. The highest BCUT2D eigenvalue weighted by atomic mass is 19.4. The van der Waals surface area contributed by atoms with Gasteiger partial charge in [0.25, 0.3) is 0 Å². The summed E-state index contributed by atoms with van der Waals surface area (Å²) in [6, 6.07) is 10.2. The Morgan fingerprint density at radius 3 is 2.39 bits per heavy atom. The number of hydrogen-bond donors (Lipinski definition) is 1. The van der Waals surface area contributed by atoms with Crippen LogP contribution in [0.4, 0.5) is 24.5 Å². The Morgan fingerprint density at radius 2 is 1.78 bits per heavy atom. The van der Waals surface area contributed by atoms with Crippen LogP contribution in [-0.2, 0) is 13.2 Å². The first-order valence-corrected chi connectivity index (χ1v) is 6.83. The summed E-state index contributed by atoms with van der Waals surface area (Å²) in [6.07, 6.45) is -0.903. The molecule has 0 aliphatic carbocycles. The minimum atomic E-state index is -4.34. The molecule has 0 saturated heterocycles. The number of hydrogen-bond acceptors (Lipinski definition) is 3. The van der Waals surface area contributed by atoms with Crippen molar-refractivity contribution in [3.8, 4) is 11.4 Å². The predicted octanol–water partition coefficient (Wildman–Crippen LogP) is 4.24. The van der Waals surface area contributed by atoms with Crippen molar-refractivity contribution in [3.05, 3.63) is 60.4 Å². The highest BCUT2D eigenvalue weighted by Gasteiger charge is 2.29. The molecule has 1 N–H and O–H groups in total. The number of rotatable bonds is 3. The van der Waals surface area contributed by atoms with Gasteiger partial charge in [-0.05, 0) is 42.5 Å². The van der Waals surface area contributed by atoms with Crippen LogP contribution in [0.15, 0.2) is 54.9 Å². The molecule has 2 heterocycles. The van der Waals surface area contributed by atoms with E-state index >= 15 is 0 Å². The molecule has 0 saturated carbocycles. The number of pyridine rings is 1. The fraction of sp³-hybridized carbons (Fsp3) is 0.125. The maximum absolute atomic E-state index is 12.6. The first-order chi connectivity index (χ1) is 10.9. The van der Waals surface area contributed by atoms with Crippen molar-refractivity contribution in [3.63, 3.8) is 0 Å². The summed E-state index contributed by atoms with van der Waals surface area (Å²) in [5.41, 5.74) is 1.85. The molecular weight excluding hydrogens is 305 g/mol. The molecule has 1 aromatic carbocycles. The van der Waals surface area contributed by atoms with Crippen molar-refractivity contribution >= 4 is 11.4 Å². The van der Waals surface area contributed by atoms with E-state index in [1.165, 1.54) is 12.1 Å². The number of anilines is 2. The highest BCUT2D eigenvalue weighted by molar-refractivity contribution is 5.75. The van der Waals surface area contributed by atoms with Gasteiger partial charge >= 0.3 is 6.18 Å². The molecule has 0 radical (unpaired) electrons. The van der Waals surface area contributed by atoms with Gasteiger partial charge in [0, 0.05) is 25.1 Å². The Morgan fingerprint density at radius 1 is 1.04 bits per heavy atom. The summed E-state index contributed by atoms with van der Waals surface area (Å²) in [4.78, 5) is 4.30. The lowest BCUT2D eigenvalue weighted by Crippen LogP contribution is -2.04. The van der Waals surface area contributed by atoms with Crippen molar-refractivity contribution in [2.24, 2.45) is 7.05 Å². The number of aryl methyl sites for hydroxylation is 1. The molecule has 0 unspecified atom stereocenters. The summed E-state index contributed by atoms with van der Waals surface area (Å²) < 4.78 is 39.4. The lowest BCUT2D eigenvalue weighted by molar-refractivity contribution is -0.137. The number of aromatic nitrogens is 3. The van der Waals surface area contributed by atoms with Gasteiger partial charge in [0.05, 0.1) is 11.3 Å². The van der Waals surface area contributed by atoms with Gasteiger partial charge < -0.3 is 5.32 Å². The molecule has 0 aliphatic heterocycles. The molecule has 3 rings (SSSR count). The van der Waals surface area contributed by atoms with Crippen LogP contribution >= 0.6 is 0 Å². The van der Waals surface area contributed by atoms with Crippen molar-refractivity contribution in [2.75, 3.05) is 5.32 Å². The fourth-order valence-electron chi connectivity index (χ4n) is 2.15. The lowest BCUT2D eigenvalue weighted by atomic mass is 10.2. The van der Waals surface area contributed by atoms with Crippen LogP contribution in [0.3, 0.4) is 0 Å². The molecule has 118 valence electrons. The van der Waals surface area contributed by atoms with Crippen LogP contribution in [0.1, 0.15) is 5.56 Å². The van der Waals surface area contributed by atoms with E-state index < -0.39 is 11.7 Å². The van der Waals surface area contributed by atoms with Gasteiger partial charge in [-0.2, -0.15) is 18.3 Å². The van der Waals surface area contributed by atoms with Gasteiger partial charge in [-0.3, -0.25) is 9.67 Å². The van der Waals surface area contributed by atoms with E-state index in [4.69, 9.17) is 0 Å². The van der Waals surface area contributed by atoms with Crippen LogP contribution in [0, 0.1) is 0 Å². The number of alkyl halides is 3. The van der Waals surface area contributed by atoms with Crippen molar-refractivity contribution in [1.29, 1.82) is 0 Å². The average Bonchev–Trinajstić information content (AvgIpc) is 2.94. The Kier molecular flexibility index (Phi) is 3.77. The third kappa shape index (κ3) is 3.33. The summed E-state index contributed by atoms with van der Waals surface area (Å²) >= 11 is 0. The smallest absolute Gasteiger partial charge is 0.354 e. The van der Waals surface area contributed by atoms with Crippen molar-refractivity contribution < 1.29 is 13.2 Å². The zero-order valence-electron chi connectivity index (χ0n) is 12.2. The number of halogens is 3. The fourth-order valence-corrected chi connectivity index (χ4v) is 2.15.